The molecule has 3 nitrogen and oxygen atoms in total. The fourth-order valence-electron chi connectivity index (χ4n) is 1.82. The first-order chi connectivity index (χ1) is 7.24. The van der Waals surface area contributed by atoms with Crippen molar-refractivity contribution in [2.75, 3.05) is 19.6 Å². The van der Waals surface area contributed by atoms with E-state index in [0.29, 0.717) is 11.2 Å². The number of nitrogens with two attached hydrogens (primary N) is 1. The number of thiol groups is 1. The smallest absolute Gasteiger partial charge is 0.191 e. The highest BCUT2D eigenvalue weighted by atomic mass is 32.1. The van der Waals surface area contributed by atoms with Gasteiger partial charge in [-0.3, -0.25) is 4.99 Å². The van der Waals surface area contributed by atoms with E-state index in [2.05, 4.69) is 29.4 Å². The third kappa shape index (κ3) is 4.78. The molecule has 1 heterocycles. The minimum atomic E-state index is 0.355. The van der Waals surface area contributed by atoms with Crippen LogP contribution in [0.5, 0.6) is 0 Å². The summed E-state index contributed by atoms with van der Waals surface area (Å²) in [5.41, 5.74) is 5.82. The van der Waals surface area contributed by atoms with Crippen molar-refractivity contribution in [3.8, 4) is 0 Å². The summed E-state index contributed by atoms with van der Waals surface area (Å²) in [5.74, 6) is 0.704. The van der Waals surface area contributed by atoms with Crippen molar-refractivity contribution in [2.45, 2.75) is 44.3 Å². The third-order valence-electron chi connectivity index (χ3n) is 2.75. The van der Waals surface area contributed by atoms with Crippen molar-refractivity contribution < 1.29 is 0 Å². The van der Waals surface area contributed by atoms with Gasteiger partial charge in [0.25, 0.3) is 0 Å². The molecule has 0 amide bonds. The van der Waals surface area contributed by atoms with Crippen molar-refractivity contribution in [3.05, 3.63) is 0 Å². The Morgan fingerprint density at radius 3 is 2.87 bits per heavy atom. The summed E-state index contributed by atoms with van der Waals surface area (Å²) in [5, 5.41) is 0.355. The third-order valence-corrected chi connectivity index (χ3v) is 3.08. The maximum Gasteiger partial charge on any atom is 0.191 e. The molecule has 4 heteroatoms. The van der Waals surface area contributed by atoms with Crippen molar-refractivity contribution >= 4 is 18.6 Å². The Kier molecular flexibility index (Phi) is 5.91. The molecule has 0 aromatic carbocycles. The van der Waals surface area contributed by atoms with Gasteiger partial charge in [0.05, 0.1) is 6.54 Å². The molecule has 0 saturated heterocycles. The fraction of sp³-hybridized carbons (Fsp3) is 0.909. The van der Waals surface area contributed by atoms with Gasteiger partial charge in [0, 0.05) is 18.3 Å². The molecule has 0 fully saturated rings. The second-order valence-corrected chi connectivity index (χ2v) is 4.94. The summed E-state index contributed by atoms with van der Waals surface area (Å²) in [7, 11) is 0. The summed E-state index contributed by atoms with van der Waals surface area (Å²) in [6.45, 7) is 4.99. The molecule has 0 aromatic heterocycles. The molecule has 0 radical (unpaired) electrons. The van der Waals surface area contributed by atoms with E-state index in [-0.39, 0.29) is 0 Å². The van der Waals surface area contributed by atoms with Gasteiger partial charge < -0.3 is 10.6 Å². The van der Waals surface area contributed by atoms with Gasteiger partial charge in [0.2, 0.25) is 0 Å². The van der Waals surface area contributed by atoms with E-state index in [4.69, 9.17) is 5.73 Å². The molecule has 1 aliphatic heterocycles. The van der Waals surface area contributed by atoms with Crippen LogP contribution in [0, 0.1) is 0 Å². The SMILES string of the molecule is CCCCCCCN1CC(S)CN=C1N. The van der Waals surface area contributed by atoms with Gasteiger partial charge in [0.1, 0.15) is 0 Å². The monoisotopic (exact) mass is 229 g/mol. The van der Waals surface area contributed by atoms with E-state index in [1.807, 2.05) is 0 Å². The van der Waals surface area contributed by atoms with Crippen molar-refractivity contribution in [3.63, 3.8) is 0 Å². The van der Waals surface area contributed by atoms with E-state index in [1.165, 1.54) is 32.1 Å². The summed E-state index contributed by atoms with van der Waals surface area (Å²) < 4.78 is 0. The molecule has 15 heavy (non-hydrogen) atoms. The van der Waals surface area contributed by atoms with Crippen molar-refractivity contribution in [2.24, 2.45) is 10.7 Å². The van der Waals surface area contributed by atoms with Crippen LogP contribution in [-0.4, -0.2) is 35.7 Å². The highest BCUT2D eigenvalue weighted by Crippen LogP contribution is 2.09. The van der Waals surface area contributed by atoms with Gasteiger partial charge in [0.15, 0.2) is 5.96 Å². The first kappa shape index (κ1) is 12.7. The lowest BCUT2D eigenvalue weighted by Gasteiger charge is -2.29. The molecule has 0 saturated carbocycles. The minimum absolute atomic E-state index is 0.355. The van der Waals surface area contributed by atoms with Gasteiger partial charge in [-0.2, -0.15) is 12.6 Å². The standard InChI is InChI=1S/C11H23N3S/c1-2-3-4-5-6-7-14-9-10(15)8-13-11(14)12/h10,15H,2-9H2,1H3,(H2,12,13). The highest BCUT2D eigenvalue weighted by molar-refractivity contribution is 7.81. The van der Waals surface area contributed by atoms with Crippen LogP contribution in [0.4, 0.5) is 0 Å². The molecular weight excluding hydrogens is 206 g/mol. The summed E-state index contributed by atoms with van der Waals surface area (Å²) >= 11 is 4.44. The molecule has 0 aromatic rings. The van der Waals surface area contributed by atoms with E-state index >= 15 is 0 Å². The van der Waals surface area contributed by atoms with Gasteiger partial charge >= 0.3 is 0 Å². The Bertz CT molecular complexity index is 206. The average molecular weight is 229 g/mol. The molecule has 0 aliphatic carbocycles. The topological polar surface area (TPSA) is 41.6 Å². The molecule has 1 atom stereocenters. The Balaban J connectivity index is 2.14. The number of rotatable bonds is 6. The highest BCUT2D eigenvalue weighted by Gasteiger charge is 2.17. The zero-order valence-electron chi connectivity index (χ0n) is 9.65. The van der Waals surface area contributed by atoms with Gasteiger partial charge in [-0.05, 0) is 6.42 Å². The second kappa shape index (κ2) is 6.99. The molecule has 2 N–H and O–H groups in total. The largest absolute Gasteiger partial charge is 0.370 e. The zero-order valence-corrected chi connectivity index (χ0v) is 10.5. The lowest BCUT2D eigenvalue weighted by Crippen LogP contribution is -2.45. The molecule has 0 bridgehead atoms. The first-order valence-corrected chi connectivity index (χ1v) is 6.48. The van der Waals surface area contributed by atoms with Crippen LogP contribution in [0.3, 0.4) is 0 Å². The summed E-state index contributed by atoms with van der Waals surface area (Å²) in [6, 6.07) is 0. The van der Waals surface area contributed by atoms with E-state index < -0.39 is 0 Å². The predicted octanol–water partition coefficient (Wildman–Crippen LogP) is 1.89. The van der Waals surface area contributed by atoms with Crippen LogP contribution >= 0.6 is 12.6 Å². The molecule has 1 rings (SSSR count). The fourth-order valence-corrected chi connectivity index (χ4v) is 2.10. The molecule has 1 unspecified atom stereocenters. The Labute approximate surface area is 98.5 Å². The second-order valence-electron chi connectivity index (χ2n) is 4.21. The van der Waals surface area contributed by atoms with Crippen LogP contribution in [0.2, 0.25) is 0 Å². The Hall–Kier alpha value is -0.380. The minimum Gasteiger partial charge on any atom is -0.370 e. The summed E-state index contributed by atoms with van der Waals surface area (Å²) in [6.07, 6.45) is 6.50. The maximum absolute atomic E-state index is 5.82. The van der Waals surface area contributed by atoms with Crippen molar-refractivity contribution in [1.29, 1.82) is 0 Å². The number of hydrogen-bond donors (Lipinski definition) is 2. The van der Waals surface area contributed by atoms with Gasteiger partial charge in [-0.1, -0.05) is 32.6 Å². The number of nitrogens with zero attached hydrogens (tertiary/aromatic N) is 2. The van der Waals surface area contributed by atoms with Crippen LogP contribution in [0.1, 0.15) is 39.0 Å². The lowest BCUT2D eigenvalue weighted by molar-refractivity contribution is 0.381. The number of hydrogen-bond acceptors (Lipinski definition) is 4. The maximum atomic E-state index is 5.82. The van der Waals surface area contributed by atoms with Gasteiger partial charge in [-0.25, -0.2) is 0 Å². The van der Waals surface area contributed by atoms with E-state index in [1.54, 1.807) is 0 Å². The normalized spacial score (nSPS) is 21.6. The Morgan fingerprint density at radius 1 is 1.40 bits per heavy atom. The first-order valence-electron chi connectivity index (χ1n) is 5.97. The molecule has 88 valence electrons. The van der Waals surface area contributed by atoms with Crippen LogP contribution in [0.25, 0.3) is 0 Å². The molecule has 1 aliphatic rings. The number of guanidine groups is 1. The van der Waals surface area contributed by atoms with Crippen LogP contribution in [0.15, 0.2) is 4.99 Å². The molecular formula is C11H23N3S. The van der Waals surface area contributed by atoms with E-state index in [9.17, 15) is 0 Å². The quantitative estimate of drug-likeness (QED) is 0.539. The number of unbranched alkanes of at least 4 members (excludes halogenated alkanes) is 4. The average Bonchev–Trinajstić information content (AvgIpc) is 2.23. The zero-order chi connectivity index (χ0) is 11.1. The van der Waals surface area contributed by atoms with Crippen molar-refractivity contribution in [1.82, 2.24) is 4.90 Å². The number of aliphatic imine (C=N–C) groups is 1. The lowest BCUT2D eigenvalue weighted by atomic mass is 10.1. The molecule has 0 spiro atoms. The van der Waals surface area contributed by atoms with Gasteiger partial charge in [-0.15, -0.1) is 0 Å². The van der Waals surface area contributed by atoms with E-state index in [0.717, 1.165) is 19.6 Å². The van der Waals surface area contributed by atoms with Crippen LogP contribution in [-0.2, 0) is 0 Å². The predicted molar refractivity (Wildman–Crippen MR) is 69.6 cm³/mol. The Morgan fingerprint density at radius 2 is 2.13 bits per heavy atom. The van der Waals surface area contributed by atoms with Crippen LogP contribution < -0.4 is 5.73 Å². The summed E-state index contributed by atoms with van der Waals surface area (Å²) in [4.78, 5) is 6.41.